The number of ether oxygens (including phenoxy) is 1. The van der Waals surface area contributed by atoms with E-state index in [1.165, 1.54) is 0 Å². The van der Waals surface area contributed by atoms with Crippen molar-refractivity contribution in [3.05, 3.63) is 54.6 Å². The van der Waals surface area contributed by atoms with Crippen molar-refractivity contribution in [3.8, 4) is 16.9 Å². The molecule has 0 spiro atoms. The summed E-state index contributed by atoms with van der Waals surface area (Å²) in [5.74, 6) is 0.739. The van der Waals surface area contributed by atoms with E-state index in [0.29, 0.717) is 19.6 Å². The van der Waals surface area contributed by atoms with Gasteiger partial charge in [0.05, 0.1) is 13.0 Å². The molecule has 0 radical (unpaired) electrons. The minimum Gasteiger partial charge on any atom is -0.492 e. The van der Waals surface area contributed by atoms with Crippen molar-refractivity contribution >= 4 is 18.3 Å². The lowest BCUT2D eigenvalue weighted by Crippen LogP contribution is -2.38. The van der Waals surface area contributed by atoms with E-state index in [1.807, 2.05) is 61.5 Å². The molecule has 5 heteroatoms. The molecule has 0 bridgehead atoms. The zero-order chi connectivity index (χ0) is 15.8. The number of nitrogens with one attached hydrogen (secondary N) is 1. The Morgan fingerprint density at radius 3 is 2.48 bits per heavy atom. The second-order valence-corrected chi connectivity index (χ2v) is 5.16. The molecule has 0 aliphatic carbocycles. The zero-order valence-corrected chi connectivity index (χ0v) is 14.0. The Labute approximate surface area is 143 Å². The van der Waals surface area contributed by atoms with E-state index >= 15 is 0 Å². The SMILES string of the molecule is C[C@@H](CN)NC(=O)CCOc1ccccc1-c1ccccc1.Cl. The van der Waals surface area contributed by atoms with Crippen LogP contribution in [0.4, 0.5) is 0 Å². The molecule has 0 aromatic heterocycles. The van der Waals surface area contributed by atoms with Crippen LogP contribution < -0.4 is 15.8 Å². The van der Waals surface area contributed by atoms with Crippen LogP contribution in [0.3, 0.4) is 0 Å². The fourth-order valence-corrected chi connectivity index (χ4v) is 2.11. The van der Waals surface area contributed by atoms with Crippen LogP contribution in [-0.2, 0) is 4.79 Å². The van der Waals surface area contributed by atoms with Crippen molar-refractivity contribution in [2.45, 2.75) is 19.4 Å². The molecule has 1 amide bonds. The maximum Gasteiger partial charge on any atom is 0.223 e. The molecule has 2 rings (SSSR count). The van der Waals surface area contributed by atoms with Crippen molar-refractivity contribution in [1.82, 2.24) is 5.32 Å². The van der Waals surface area contributed by atoms with Gasteiger partial charge in [-0.3, -0.25) is 4.79 Å². The van der Waals surface area contributed by atoms with Gasteiger partial charge in [0.1, 0.15) is 5.75 Å². The molecule has 124 valence electrons. The van der Waals surface area contributed by atoms with Crippen LogP contribution in [0.5, 0.6) is 5.75 Å². The first kappa shape index (κ1) is 19.0. The number of para-hydroxylation sites is 1. The van der Waals surface area contributed by atoms with E-state index < -0.39 is 0 Å². The first-order chi connectivity index (χ1) is 10.7. The van der Waals surface area contributed by atoms with E-state index in [-0.39, 0.29) is 24.4 Å². The van der Waals surface area contributed by atoms with Gasteiger partial charge in [-0.1, -0.05) is 48.5 Å². The topological polar surface area (TPSA) is 64.3 Å². The van der Waals surface area contributed by atoms with E-state index in [2.05, 4.69) is 5.32 Å². The van der Waals surface area contributed by atoms with Crippen LogP contribution in [0.2, 0.25) is 0 Å². The third-order valence-electron chi connectivity index (χ3n) is 3.32. The summed E-state index contributed by atoms with van der Waals surface area (Å²) in [4.78, 5) is 11.7. The predicted molar refractivity (Wildman–Crippen MR) is 95.9 cm³/mol. The lowest BCUT2D eigenvalue weighted by atomic mass is 10.1. The van der Waals surface area contributed by atoms with Gasteiger partial charge in [0, 0.05) is 18.2 Å². The highest BCUT2D eigenvalue weighted by Gasteiger charge is 2.08. The van der Waals surface area contributed by atoms with E-state index in [1.54, 1.807) is 0 Å². The second kappa shape index (κ2) is 9.87. The van der Waals surface area contributed by atoms with Crippen LogP contribution in [-0.4, -0.2) is 25.1 Å². The molecule has 3 N–H and O–H groups in total. The third-order valence-corrected chi connectivity index (χ3v) is 3.32. The number of carbonyl (C=O) groups excluding carboxylic acids is 1. The fourth-order valence-electron chi connectivity index (χ4n) is 2.11. The summed E-state index contributed by atoms with van der Waals surface area (Å²) in [6, 6.07) is 17.9. The minimum absolute atomic E-state index is 0. The molecule has 0 heterocycles. The molecular formula is C18H23ClN2O2. The lowest BCUT2D eigenvalue weighted by Gasteiger charge is -2.13. The summed E-state index contributed by atoms with van der Waals surface area (Å²) < 4.78 is 5.79. The summed E-state index contributed by atoms with van der Waals surface area (Å²) in [5, 5.41) is 2.82. The molecule has 4 nitrogen and oxygen atoms in total. The molecule has 23 heavy (non-hydrogen) atoms. The highest BCUT2D eigenvalue weighted by molar-refractivity contribution is 5.85. The Bertz CT molecular complexity index is 605. The second-order valence-electron chi connectivity index (χ2n) is 5.16. The Kier molecular flexibility index (Phi) is 8.16. The van der Waals surface area contributed by atoms with Crippen LogP contribution in [0.15, 0.2) is 54.6 Å². The Morgan fingerprint density at radius 1 is 1.13 bits per heavy atom. The van der Waals surface area contributed by atoms with Gasteiger partial charge in [-0.15, -0.1) is 12.4 Å². The molecule has 0 unspecified atom stereocenters. The van der Waals surface area contributed by atoms with Crippen molar-refractivity contribution in [3.63, 3.8) is 0 Å². The number of hydrogen-bond donors (Lipinski definition) is 2. The van der Waals surface area contributed by atoms with E-state index in [4.69, 9.17) is 10.5 Å². The number of benzene rings is 2. The monoisotopic (exact) mass is 334 g/mol. The minimum atomic E-state index is -0.0462. The Hall–Kier alpha value is -2.04. The van der Waals surface area contributed by atoms with Gasteiger partial charge < -0.3 is 15.8 Å². The van der Waals surface area contributed by atoms with Crippen LogP contribution >= 0.6 is 12.4 Å². The van der Waals surface area contributed by atoms with Crippen molar-refractivity contribution in [2.75, 3.05) is 13.2 Å². The Balaban J connectivity index is 0.00000264. The molecule has 0 fully saturated rings. The van der Waals surface area contributed by atoms with Crippen molar-refractivity contribution in [1.29, 1.82) is 0 Å². The predicted octanol–water partition coefficient (Wildman–Crippen LogP) is 3.01. The maximum absolute atomic E-state index is 11.7. The Morgan fingerprint density at radius 2 is 1.78 bits per heavy atom. The average Bonchev–Trinajstić information content (AvgIpc) is 2.56. The van der Waals surface area contributed by atoms with Crippen molar-refractivity contribution in [2.24, 2.45) is 5.73 Å². The zero-order valence-electron chi connectivity index (χ0n) is 13.2. The summed E-state index contributed by atoms with van der Waals surface area (Å²) in [7, 11) is 0. The highest BCUT2D eigenvalue weighted by Crippen LogP contribution is 2.29. The largest absolute Gasteiger partial charge is 0.492 e. The van der Waals surface area contributed by atoms with E-state index in [0.717, 1.165) is 16.9 Å². The molecule has 0 saturated carbocycles. The first-order valence-corrected chi connectivity index (χ1v) is 7.47. The van der Waals surface area contributed by atoms with Gasteiger partial charge in [0.15, 0.2) is 0 Å². The van der Waals surface area contributed by atoms with Crippen LogP contribution in [0.1, 0.15) is 13.3 Å². The fraction of sp³-hybridized carbons (Fsp3) is 0.278. The summed E-state index contributed by atoms with van der Waals surface area (Å²) in [6.07, 6.45) is 0.313. The third kappa shape index (κ3) is 5.93. The summed E-state index contributed by atoms with van der Waals surface area (Å²) in [6.45, 7) is 2.65. The number of rotatable bonds is 7. The van der Waals surface area contributed by atoms with Gasteiger partial charge in [0.25, 0.3) is 0 Å². The lowest BCUT2D eigenvalue weighted by molar-refractivity contribution is -0.122. The molecule has 2 aromatic carbocycles. The van der Waals surface area contributed by atoms with Gasteiger partial charge in [-0.2, -0.15) is 0 Å². The quantitative estimate of drug-likeness (QED) is 0.818. The van der Waals surface area contributed by atoms with Gasteiger partial charge in [0.2, 0.25) is 5.91 Å². The standard InChI is InChI=1S/C18H22N2O2.ClH/c1-14(13-19)20-18(21)11-12-22-17-10-6-5-9-16(17)15-7-3-2-4-8-15;/h2-10,14H,11-13,19H2,1H3,(H,20,21);1H/t14-;/m0./s1. The average molecular weight is 335 g/mol. The van der Waals surface area contributed by atoms with Crippen LogP contribution in [0, 0.1) is 0 Å². The molecule has 0 saturated heterocycles. The molecule has 0 aliphatic rings. The molecule has 1 atom stereocenters. The maximum atomic E-state index is 11.7. The number of halogens is 1. The highest BCUT2D eigenvalue weighted by atomic mass is 35.5. The normalized spacial score (nSPS) is 11.2. The molecular weight excluding hydrogens is 312 g/mol. The molecule has 2 aromatic rings. The van der Waals surface area contributed by atoms with Crippen molar-refractivity contribution < 1.29 is 9.53 Å². The van der Waals surface area contributed by atoms with Crippen LogP contribution in [0.25, 0.3) is 11.1 Å². The van der Waals surface area contributed by atoms with Gasteiger partial charge in [-0.05, 0) is 18.6 Å². The van der Waals surface area contributed by atoms with E-state index in [9.17, 15) is 4.79 Å². The molecule has 0 aliphatic heterocycles. The number of hydrogen-bond acceptors (Lipinski definition) is 3. The van der Waals surface area contributed by atoms with Gasteiger partial charge >= 0.3 is 0 Å². The summed E-state index contributed by atoms with van der Waals surface area (Å²) >= 11 is 0. The van der Waals surface area contributed by atoms with Gasteiger partial charge in [-0.25, -0.2) is 0 Å². The number of nitrogens with two attached hydrogens (primary N) is 1. The number of amides is 1. The summed E-state index contributed by atoms with van der Waals surface area (Å²) in [5.41, 5.74) is 7.60. The number of carbonyl (C=O) groups is 1. The smallest absolute Gasteiger partial charge is 0.223 e. The first-order valence-electron chi connectivity index (χ1n) is 7.47.